The first-order valence-corrected chi connectivity index (χ1v) is 9.25. The van der Waals surface area contributed by atoms with Crippen molar-refractivity contribution in [2.45, 2.75) is 38.0 Å². The maximum absolute atomic E-state index is 13.2. The molecule has 8 nitrogen and oxygen atoms in total. The van der Waals surface area contributed by atoms with Gasteiger partial charge in [0.1, 0.15) is 0 Å². The molecule has 140 valence electrons. The third-order valence-electron chi connectivity index (χ3n) is 5.77. The van der Waals surface area contributed by atoms with Crippen LogP contribution in [0.4, 0.5) is 0 Å². The largest absolute Gasteiger partial charge is 0.353 e. The Kier molecular flexibility index (Phi) is 3.58. The van der Waals surface area contributed by atoms with E-state index in [2.05, 4.69) is 10.1 Å². The van der Waals surface area contributed by atoms with E-state index in [0.717, 1.165) is 12.0 Å². The first kappa shape index (κ1) is 16.4. The van der Waals surface area contributed by atoms with Gasteiger partial charge in [-0.05, 0) is 18.6 Å². The van der Waals surface area contributed by atoms with Gasteiger partial charge in [0.15, 0.2) is 5.72 Å². The SMILES string of the molecule is Cc1nc(-c2cccc(C(=O)N3CC[C@@]45OCCCN4C(=O)C[C@@H]35)c2)no1. The number of carbonyl (C=O) groups excluding carboxylic acids is 2. The van der Waals surface area contributed by atoms with Crippen molar-refractivity contribution >= 4 is 11.8 Å². The molecular weight excluding hydrogens is 348 g/mol. The summed E-state index contributed by atoms with van der Waals surface area (Å²) in [6.07, 6.45) is 1.84. The predicted octanol–water partition coefficient (Wildman–Crippen LogP) is 1.61. The monoisotopic (exact) mass is 368 g/mol. The maximum atomic E-state index is 13.2. The Bertz CT molecular complexity index is 926. The number of amides is 2. The van der Waals surface area contributed by atoms with Crippen LogP contribution in [0.15, 0.2) is 28.8 Å². The van der Waals surface area contributed by atoms with E-state index in [4.69, 9.17) is 9.26 Å². The van der Waals surface area contributed by atoms with Crippen molar-refractivity contribution in [1.29, 1.82) is 0 Å². The van der Waals surface area contributed by atoms with Gasteiger partial charge in [0.2, 0.25) is 17.6 Å². The second-order valence-corrected chi connectivity index (χ2v) is 7.28. The van der Waals surface area contributed by atoms with Crippen LogP contribution >= 0.6 is 0 Å². The van der Waals surface area contributed by atoms with Crippen molar-refractivity contribution in [3.63, 3.8) is 0 Å². The lowest BCUT2D eigenvalue weighted by molar-refractivity contribution is -0.179. The molecule has 8 heteroatoms. The van der Waals surface area contributed by atoms with Crippen molar-refractivity contribution in [3.8, 4) is 11.4 Å². The van der Waals surface area contributed by atoms with Crippen LogP contribution in [0.25, 0.3) is 11.4 Å². The number of nitrogens with zero attached hydrogens (tertiary/aromatic N) is 4. The summed E-state index contributed by atoms with van der Waals surface area (Å²) in [5.41, 5.74) is 0.645. The van der Waals surface area contributed by atoms with Crippen LogP contribution in [0, 0.1) is 6.92 Å². The van der Waals surface area contributed by atoms with Gasteiger partial charge < -0.3 is 19.1 Å². The van der Waals surface area contributed by atoms with Gasteiger partial charge >= 0.3 is 0 Å². The number of carbonyl (C=O) groups is 2. The van der Waals surface area contributed by atoms with Crippen LogP contribution in [-0.4, -0.2) is 63.2 Å². The molecule has 2 amide bonds. The number of hydrogen-bond acceptors (Lipinski definition) is 6. The number of rotatable bonds is 2. The Morgan fingerprint density at radius 3 is 3.04 bits per heavy atom. The molecule has 0 saturated carbocycles. The molecule has 1 aromatic heterocycles. The Hall–Kier alpha value is -2.74. The fourth-order valence-electron chi connectivity index (χ4n) is 4.57. The molecule has 0 bridgehead atoms. The van der Waals surface area contributed by atoms with Crippen LogP contribution in [0.2, 0.25) is 0 Å². The standard InChI is InChI=1S/C19H20N4O4/c1-12-20-17(21-27-12)13-4-2-5-14(10-13)18(25)22-8-6-19-15(22)11-16(24)23(19)7-3-9-26-19/h2,4-5,10,15H,3,6-9,11H2,1H3/t15-,19+/m1/s1. The summed E-state index contributed by atoms with van der Waals surface area (Å²) < 4.78 is 11.1. The van der Waals surface area contributed by atoms with E-state index in [1.165, 1.54) is 0 Å². The fourth-order valence-corrected chi connectivity index (χ4v) is 4.57. The average molecular weight is 368 g/mol. The van der Waals surface area contributed by atoms with Gasteiger partial charge in [-0.2, -0.15) is 4.98 Å². The zero-order chi connectivity index (χ0) is 18.6. The summed E-state index contributed by atoms with van der Waals surface area (Å²) in [6, 6.07) is 6.98. The molecule has 3 fully saturated rings. The van der Waals surface area contributed by atoms with Crippen molar-refractivity contribution in [2.24, 2.45) is 0 Å². The van der Waals surface area contributed by atoms with E-state index in [-0.39, 0.29) is 17.9 Å². The third kappa shape index (κ3) is 2.39. The first-order chi connectivity index (χ1) is 13.1. The number of aromatic nitrogens is 2. The van der Waals surface area contributed by atoms with Gasteiger partial charge in [-0.3, -0.25) is 9.59 Å². The zero-order valence-corrected chi connectivity index (χ0v) is 15.1. The molecule has 2 atom stereocenters. The average Bonchev–Trinajstić information content (AvgIpc) is 3.34. The quantitative estimate of drug-likeness (QED) is 0.800. The van der Waals surface area contributed by atoms with Gasteiger partial charge in [0.25, 0.3) is 5.91 Å². The normalized spacial score (nSPS) is 27.0. The van der Waals surface area contributed by atoms with Crippen molar-refractivity contribution in [2.75, 3.05) is 19.7 Å². The van der Waals surface area contributed by atoms with Crippen LogP contribution in [0.3, 0.4) is 0 Å². The summed E-state index contributed by atoms with van der Waals surface area (Å²) in [5.74, 6) is 0.913. The zero-order valence-electron chi connectivity index (χ0n) is 15.1. The van der Waals surface area contributed by atoms with Crippen LogP contribution in [0.5, 0.6) is 0 Å². The Morgan fingerprint density at radius 2 is 2.22 bits per heavy atom. The van der Waals surface area contributed by atoms with E-state index in [1.54, 1.807) is 24.0 Å². The predicted molar refractivity (Wildman–Crippen MR) is 93.5 cm³/mol. The van der Waals surface area contributed by atoms with Gasteiger partial charge in [0.05, 0.1) is 19.1 Å². The Balaban J connectivity index is 1.44. The molecule has 2 aromatic rings. The van der Waals surface area contributed by atoms with Gasteiger partial charge in [-0.15, -0.1) is 0 Å². The molecule has 27 heavy (non-hydrogen) atoms. The molecule has 0 unspecified atom stereocenters. The number of benzene rings is 1. The van der Waals surface area contributed by atoms with Gasteiger partial charge in [0, 0.05) is 37.6 Å². The first-order valence-electron chi connectivity index (χ1n) is 9.25. The molecule has 5 rings (SSSR count). The molecule has 1 aromatic carbocycles. The van der Waals surface area contributed by atoms with Gasteiger partial charge in [-0.25, -0.2) is 0 Å². The van der Waals surface area contributed by atoms with E-state index in [9.17, 15) is 9.59 Å². The maximum Gasteiger partial charge on any atom is 0.254 e. The summed E-state index contributed by atoms with van der Waals surface area (Å²) >= 11 is 0. The van der Waals surface area contributed by atoms with E-state index >= 15 is 0 Å². The van der Waals surface area contributed by atoms with Gasteiger partial charge in [-0.1, -0.05) is 17.3 Å². The Labute approximate surface area is 156 Å². The van der Waals surface area contributed by atoms with Crippen molar-refractivity contribution < 1.29 is 18.8 Å². The summed E-state index contributed by atoms with van der Waals surface area (Å²) in [5, 5.41) is 3.92. The lowest BCUT2D eigenvalue weighted by atomic mass is 10.0. The minimum atomic E-state index is -0.632. The third-order valence-corrected chi connectivity index (χ3v) is 5.77. The summed E-state index contributed by atoms with van der Waals surface area (Å²) in [7, 11) is 0. The highest BCUT2D eigenvalue weighted by Crippen LogP contribution is 2.45. The lowest BCUT2D eigenvalue weighted by Gasteiger charge is -2.42. The number of likely N-dealkylation sites (tertiary alicyclic amines) is 1. The minimum absolute atomic E-state index is 0.0771. The molecule has 3 aliphatic heterocycles. The van der Waals surface area contributed by atoms with E-state index in [0.29, 0.717) is 49.8 Å². The highest BCUT2D eigenvalue weighted by Gasteiger charge is 2.61. The smallest absolute Gasteiger partial charge is 0.254 e. The second-order valence-electron chi connectivity index (χ2n) is 7.28. The van der Waals surface area contributed by atoms with Crippen LogP contribution in [0.1, 0.15) is 35.5 Å². The minimum Gasteiger partial charge on any atom is -0.353 e. The number of aryl methyl sites for hydroxylation is 1. The molecule has 3 aliphatic rings. The number of hydrogen-bond donors (Lipinski definition) is 0. The highest BCUT2D eigenvalue weighted by atomic mass is 16.5. The van der Waals surface area contributed by atoms with Crippen LogP contribution in [-0.2, 0) is 9.53 Å². The summed E-state index contributed by atoms with van der Waals surface area (Å²) in [6.45, 7) is 3.65. The Morgan fingerprint density at radius 1 is 1.33 bits per heavy atom. The number of ether oxygens (including phenoxy) is 1. The van der Waals surface area contributed by atoms with Crippen LogP contribution < -0.4 is 0 Å². The molecule has 3 saturated heterocycles. The second kappa shape index (κ2) is 5.88. The highest BCUT2D eigenvalue weighted by molar-refractivity contribution is 5.96. The topological polar surface area (TPSA) is 88.8 Å². The fraction of sp³-hybridized carbons (Fsp3) is 0.474. The molecule has 0 aliphatic carbocycles. The van der Waals surface area contributed by atoms with Crippen molar-refractivity contribution in [1.82, 2.24) is 19.9 Å². The molecule has 0 radical (unpaired) electrons. The molecule has 0 N–H and O–H groups in total. The van der Waals surface area contributed by atoms with E-state index < -0.39 is 5.72 Å². The lowest BCUT2D eigenvalue weighted by Crippen LogP contribution is -2.56. The molecule has 4 heterocycles. The molecular formula is C19H20N4O4. The van der Waals surface area contributed by atoms with Crippen molar-refractivity contribution in [3.05, 3.63) is 35.7 Å². The molecule has 1 spiro atoms. The summed E-state index contributed by atoms with van der Waals surface area (Å²) in [4.78, 5) is 33.5. The van der Waals surface area contributed by atoms with E-state index in [1.807, 2.05) is 17.0 Å².